The molecule has 110 valence electrons. The van der Waals surface area contributed by atoms with Crippen molar-refractivity contribution >= 4 is 74.9 Å². The van der Waals surface area contributed by atoms with Gasteiger partial charge in [-0.3, -0.25) is 9.59 Å². The second kappa shape index (κ2) is 8.76. The van der Waals surface area contributed by atoms with Crippen LogP contribution in [0.2, 0.25) is 20.1 Å². The minimum Gasteiger partial charge on any atom is -0.298 e. The lowest BCUT2D eigenvalue weighted by atomic mass is 10.2. The summed E-state index contributed by atoms with van der Waals surface area (Å²) in [5.41, 5.74) is 0.820. The lowest BCUT2D eigenvalue weighted by Crippen LogP contribution is -1.82. The molecule has 0 saturated heterocycles. The summed E-state index contributed by atoms with van der Waals surface area (Å²) in [6.07, 6.45) is 1.34. The fraction of sp³-hybridized carbons (Fsp3) is 0. The van der Waals surface area contributed by atoms with Crippen LogP contribution in [-0.2, 0) is 0 Å². The maximum absolute atomic E-state index is 10.4. The normalized spacial score (nSPS) is 9.57. The first kappa shape index (κ1) is 18.5. The molecule has 2 rings (SSSR count). The Balaban J connectivity index is 0.000000211. The number of halogens is 5. The van der Waals surface area contributed by atoms with Crippen LogP contribution in [0.1, 0.15) is 20.7 Å². The zero-order chi connectivity index (χ0) is 16.0. The van der Waals surface area contributed by atoms with Crippen molar-refractivity contribution in [2.45, 2.75) is 0 Å². The SMILES string of the molecule is O=Cc1cc(Br)cc(Cl)c1Cl.O=Cc1cccc(Cl)c1Cl. The van der Waals surface area contributed by atoms with Crippen molar-refractivity contribution in [2.24, 2.45) is 0 Å². The molecule has 21 heavy (non-hydrogen) atoms. The Morgan fingerprint density at radius 3 is 1.90 bits per heavy atom. The maximum atomic E-state index is 10.4. The molecule has 2 aromatic rings. The van der Waals surface area contributed by atoms with Crippen LogP contribution in [0.25, 0.3) is 0 Å². The van der Waals surface area contributed by atoms with Crippen LogP contribution in [0.4, 0.5) is 0 Å². The van der Waals surface area contributed by atoms with Crippen LogP contribution in [0.3, 0.4) is 0 Å². The Morgan fingerprint density at radius 2 is 1.38 bits per heavy atom. The van der Waals surface area contributed by atoms with Crippen LogP contribution >= 0.6 is 62.3 Å². The van der Waals surface area contributed by atoms with Gasteiger partial charge < -0.3 is 0 Å². The molecule has 0 N–H and O–H groups in total. The van der Waals surface area contributed by atoms with Crippen molar-refractivity contribution in [1.29, 1.82) is 0 Å². The number of hydrogen-bond donors (Lipinski definition) is 0. The fourth-order valence-corrected chi connectivity index (χ4v) is 2.61. The monoisotopic (exact) mass is 426 g/mol. The average Bonchev–Trinajstić information content (AvgIpc) is 2.46. The summed E-state index contributed by atoms with van der Waals surface area (Å²) in [4.78, 5) is 20.6. The summed E-state index contributed by atoms with van der Waals surface area (Å²) < 4.78 is 0.744. The zero-order valence-corrected chi connectivity index (χ0v) is 14.9. The first-order chi connectivity index (χ1) is 9.90. The van der Waals surface area contributed by atoms with Gasteiger partial charge in [0.25, 0.3) is 0 Å². The topological polar surface area (TPSA) is 34.1 Å². The van der Waals surface area contributed by atoms with E-state index in [1.54, 1.807) is 30.3 Å². The summed E-state index contributed by atoms with van der Waals surface area (Å²) in [7, 11) is 0. The Bertz CT molecular complexity index is 674. The molecular formula is C14H7BrCl4O2. The minimum absolute atomic E-state index is 0.296. The van der Waals surface area contributed by atoms with E-state index in [4.69, 9.17) is 46.4 Å². The Kier molecular flexibility index (Phi) is 7.71. The van der Waals surface area contributed by atoms with E-state index < -0.39 is 0 Å². The smallest absolute Gasteiger partial charge is 0.151 e. The molecule has 0 unspecified atom stereocenters. The van der Waals surface area contributed by atoms with E-state index in [-0.39, 0.29) is 0 Å². The molecule has 0 atom stereocenters. The van der Waals surface area contributed by atoms with Gasteiger partial charge in [0.05, 0.1) is 20.1 Å². The number of carbonyl (C=O) groups excluding carboxylic acids is 2. The van der Waals surface area contributed by atoms with E-state index in [0.29, 0.717) is 43.8 Å². The molecule has 0 bridgehead atoms. The molecule has 0 aliphatic rings. The quantitative estimate of drug-likeness (QED) is 0.411. The largest absolute Gasteiger partial charge is 0.298 e. The third-order valence-electron chi connectivity index (χ3n) is 2.26. The molecular weight excluding hydrogens is 422 g/mol. The Hall–Kier alpha value is -0.580. The summed E-state index contributed by atoms with van der Waals surface area (Å²) >= 11 is 25.8. The molecule has 0 fully saturated rings. The second-order valence-electron chi connectivity index (χ2n) is 3.67. The average molecular weight is 429 g/mol. The van der Waals surface area contributed by atoms with E-state index >= 15 is 0 Å². The van der Waals surface area contributed by atoms with Crippen molar-refractivity contribution in [1.82, 2.24) is 0 Å². The standard InChI is InChI=1S/C7H3BrCl2O.C7H4Cl2O/c8-5-1-4(3-11)7(10)6(9)2-5;8-6-3-1-2-5(4-10)7(6)9/h1-3H;1-4H. The van der Waals surface area contributed by atoms with Gasteiger partial charge in [-0.05, 0) is 18.2 Å². The lowest BCUT2D eigenvalue weighted by molar-refractivity contribution is 0.111. The van der Waals surface area contributed by atoms with Crippen molar-refractivity contribution in [3.8, 4) is 0 Å². The van der Waals surface area contributed by atoms with Crippen LogP contribution in [0, 0.1) is 0 Å². The highest BCUT2D eigenvalue weighted by Gasteiger charge is 2.04. The van der Waals surface area contributed by atoms with E-state index in [1.165, 1.54) is 0 Å². The van der Waals surface area contributed by atoms with Gasteiger partial charge in [0.15, 0.2) is 12.6 Å². The van der Waals surface area contributed by atoms with E-state index in [9.17, 15) is 9.59 Å². The first-order valence-corrected chi connectivity index (χ1v) is 7.70. The van der Waals surface area contributed by atoms with E-state index in [1.807, 2.05) is 0 Å². The Labute approximate surface area is 150 Å². The summed E-state index contributed by atoms with van der Waals surface area (Å²) in [5.74, 6) is 0. The molecule has 0 radical (unpaired) electrons. The number of benzene rings is 2. The van der Waals surface area contributed by atoms with Gasteiger partial charge >= 0.3 is 0 Å². The molecule has 7 heteroatoms. The van der Waals surface area contributed by atoms with E-state index in [0.717, 1.165) is 4.47 Å². The molecule has 0 saturated carbocycles. The van der Waals surface area contributed by atoms with Crippen molar-refractivity contribution in [3.63, 3.8) is 0 Å². The molecule has 2 nitrogen and oxygen atoms in total. The molecule has 0 aliphatic carbocycles. The summed E-state index contributed by atoms with van der Waals surface area (Å²) in [6.45, 7) is 0. The number of rotatable bonds is 2. The number of hydrogen-bond acceptors (Lipinski definition) is 2. The highest BCUT2D eigenvalue weighted by Crippen LogP contribution is 2.28. The lowest BCUT2D eigenvalue weighted by Gasteiger charge is -1.99. The van der Waals surface area contributed by atoms with Gasteiger partial charge in [0.1, 0.15) is 0 Å². The van der Waals surface area contributed by atoms with Crippen molar-refractivity contribution < 1.29 is 9.59 Å². The van der Waals surface area contributed by atoms with Crippen LogP contribution in [-0.4, -0.2) is 12.6 Å². The third-order valence-corrected chi connectivity index (χ3v) is 4.36. The predicted octanol–water partition coefficient (Wildman–Crippen LogP) is 6.37. The van der Waals surface area contributed by atoms with Gasteiger partial charge in [-0.2, -0.15) is 0 Å². The van der Waals surface area contributed by atoms with Crippen LogP contribution in [0.5, 0.6) is 0 Å². The van der Waals surface area contributed by atoms with Crippen LogP contribution < -0.4 is 0 Å². The van der Waals surface area contributed by atoms with Gasteiger partial charge in [0, 0.05) is 15.6 Å². The minimum atomic E-state index is 0.296. The molecule has 0 aliphatic heterocycles. The summed E-state index contributed by atoms with van der Waals surface area (Å²) in [6, 6.07) is 8.17. The number of aldehydes is 2. The Morgan fingerprint density at radius 1 is 0.810 bits per heavy atom. The predicted molar refractivity (Wildman–Crippen MR) is 91.4 cm³/mol. The van der Waals surface area contributed by atoms with Crippen LogP contribution in [0.15, 0.2) is 34.8 Å². The van der Waals surface area contributed by atoms with Crippen molar-refractivity contribution in [3.05, 3.63) is 66.0 Å². The third kappa shape index (κ3) is 5.28. The zero-order valence-electron chi connectivity index (χ0n) is 10.2. The molecule has 0 spiro atoms. The molecule has 0 heterocycles. The molecule has 2 aromatic carbocycles. The highest BCUT2D eigenvalue weighted by atomic mass is 79.9. The molecule has 0 amide bonds. The van der Waals surface area contributed by atoms with Gasteiger partial charge in [-0.1, -0.05) is 74.5 Å². The highest BCUT2D eigenvalue weighted by molar-refractivity contribution is 9.10. The second-order valence-corrected chi connectivity index (χ2v) is 6.16. The van der Waals surface area contributed by atoms with Gasteiger partial charge in [-0.25, -0.2) is 0 Å². The maximum Gasteiger partial charge on any atom is 0.151 e. The molecule has 0 aromatic heterocycles. The fourth-order valence-electron chi connectivity index (χ4n) is 1.27. The van der Waals surface area contributed by atoms with Gasteiger partial charge in [0.2, 0.25) is 0 Å². The first-order valence-electron chi connectivity index (χ1n) is 5.39. The summed E-state index contributed by atoms with van der Waals surface area (Å²) in [5, 5.41) is 1.40. The van der Waals surface area contributed by atoms with Crippen molar-refractivity contribution in [2.75, 3.05) is 0 Å². The number of carbonyl (C=O) groups is 2. The van der Waals surface area contributed by atoms with Gasteiger partial charge in [-0.15, -0.1) is 0 Å². The van der Waals surface area contributed by atoms with E-state index in [2.05, 4.69) is 15.9 Å².